The Hall–Kier alpha value is 0.160. The zero-order valence-corrected chi connectivity index (χ0v) is 11.7. The molecular formula is C11H21ClN2O2S. The van der Waals surface area contributed by atoms with E-state index in [0.717, 1.165) is 12.8 Å². The molecule has 2 aliphatic heterocycles. The van der Waals surface area contributed by atoms with Gasteiger partial charge in [-0.3, -0.25) is 0 Å². The molecule has 0 amide bonds. The summed E-state index contributed by atoms with van der Waals surface area (Å²) in [6.45, 7) is 3.72. The Labute approximate surface area is 109 Å². The number of nitrogens with zero attached hydrogens (tertiary/aromatic N) is 2. The van der Waals surface area contributed by atoms with Crippen LogP contribution in [0.15, 0.2) is 0 Å². The first-order valence-electron chi connectivity index (χ1n) is 6.41. The monoisotopic (exact) mass is 280 g/mol. The molecule has 0 aromatic carbocycles. The average molecular weight is 281 g/mol. The molecule has 0 spiro atoms. The van der Waals surface area contributed by atoms with Crippen molar-refractivity contribution in [3.05, 3.63) is 0 Å². The molecule has 0 saturated carbocycles. The number of sulfonamides is 1. The van der Waals surface area contributed by atoms with Crippen LogP contribution in [0.1, 0.15) is 25.7 Å². The van der Waals surface area contributed by atoms with E-state index in [1.54, 1.807) is 4.31 Å². The summed E-state index contributed by atoms with van der Waals surface area (Å²) in [6.07, 6.45) is 4.54. The SMILES string of the molecule is O=S(=O)(CCCl)N1CCC(N2CCCC2)CC1. The molecule has 17 heavy (non-hydrogen) atoms. The van der Waals surface area contributed by atoms with E-state index >= 15 is 0 Å². The zero-order valence-electron chi connectivity index (χ0n) is 10.1. The molecule has 2 heterocycles. The van der Waals surface area contributed by atoms with Crippen molar-refractivity contribution < 1.29 is 8.42 Å². The van der Waals surface area contributed by atoms with Gasteiger partial charge in [0.15, 0.2) is 0 Å². The number of hydrogen-bond donors (Lipinski definition) is 0. The molecular weight excluding hydrogens is 260 g/mol. The first kappa shape index (κ1) is 13.6. The lowest BCUT2D eigenvalue weighted by Crippen LogP contribution is -2.46. The van der Waals surface area contributed by atoms with Crippen LogP contribution in [0, 0.1) is 0 Å². The number of rotatable bonds is 4. The van der Waals surface area contributed by atoms with Crippen LogP contribution in [-0.2, 0) is 10.0 Å². The Balaban J connectivity index is 1.85. The van der Waals surface area contributed by atoms with Gasteiger partial charge in [0.1, 0.15) is 0 Å². The molecule has 0 radical (unpaired) electrons. The summed E-state index contributed by atoms with van der Waals surface area (Å²) in [5.74, 6) is 0.261. The number of piperidine rings is 1. The van der Waals surface area contributed by atoms with Crippen LogP contribution in [0.4, 0.5) is 0 Å². The number of halogens is 1. The van der Waals surface area contributed by atoms with Crippen molar-refractivity contribution >= 4 is 21.6 Å². The summed E-state index contributed by atoms with van der Waals surface area (Å²) < 4.78 is 25.3. The standard InChI is InChI=1S/C11H21ClN2O2S/c12-5-10-17(15,16)14-8-3-11(4-9-14)13-6-1-2-7-13/h11H,1-10H2. The summed E-state index contributed by atoms with van der Waals surface area (Å²) in [7, 11) is -3.10. The third kappa shape index (κ3) is 3.34. The lowest BCUT2D eigenvalue weighted by molar-refractivity contribution is 0.168. The zero-order chi connectivity index (χ0) is 12.3. The van der Waals surface area contributed by atoms with Crippen LogP contribution in [0.25, 0.3) is 0 Å². The van der Waals surface area contributed by atoms with Crippen molar-refractivity contribution in [2.75, 3.05) is 37.8 Å². The molecule has 0 aromatic heterocycles. The van der Waals surface area contributed by atoms with Gasteiger partial charge in [-0.1, -0.05) is 0 Å². The Morgan fingerprint density at radius 3 is 2.18 bits per heavy atom. The maximum Gasteiger partial charge on any atom is 0.215 e. The van der Waals surface area contributed by atoms with Gasteiger partial charge in [0, 0.05) is 25.0 Å². The van der Waals surface area contributed by atoms with E-state index in [-0.39, 0.29) is 11.6 Å². The van der Waals surface area contributed by atoms with E-state index in [4.69, 9.17) is 11.6 Å². The highest BCUT2D eigenvalue weighted by Gasteiger charge is 2.30. The highest BCUT2D eigenvalue weighted by Crippen LogP contribution is 2.22. The highest BCUT2D eigenvalue weighted by molar-refractivity contribution is 7.89. The van der Waals surface area contributed by atoms with Crippen molar-refractivity contribution in [2.24, 2.45) is 0 Å². The lowest BCUT2D eigenvalue weighted by atomic mass is 10.1. The molecule has 2 rings (SSSR count). The first-order chi connectivity index (χ1) is 8.13. The quantitative estimate of drug-likeness (QED) is 0.725. The third-order valence-corrected chi connectivity index (χ3v) is 6.09. The van der Waals surface area contributed by atoms with Gasteiger partial charge in [-0.2, -0.15) is 0 Å². The maximum atomic E-state index is 11.8. The Kier molecular flexibility index (Phi) is 4.69. The second-order valence-corrected chi connectivity index (χ2v) is 7.34. The molecule has 0 N–H and O–H groups in total. The van der Waals surface area contributed by atoms with E-state index in [2.05, 4.69) is 4.90 Å². The molecule has 0 bridgehead atoms. The summed E-state index contributed by atoms with van der Waals surface area (Å²) >= 11 is 5.52. The second kappa shape index (κ2) is 5.87. The van der Waals surface area contributed by atoms with E-state index < -0.39 is 10.0 Å². The summed E-state index contributed by atoms with van der Waals surface area (Å²) in [5.41, 5.74) is 0. The van der Waals surface area contributed by atoms with Gasteiger partial charge >= 0.3 is 0 Å². The summed E-state index contributed by atoms with van der Waals surface area (Å²) in [4.78, 5) is 2.52. The van der Waals surface area contributed by atoms with Crippen LogP contribution in [0.2, 0.25) is 0 Å². The van der Waals surface area contributed by atoms with E-state index in [9.17, 15) is 8.42 Å². The van der Waals surface area contributed by atoms with E-state index in [0.29, 0.717) is 19.1 Å². The highest BCUT2D eigenvalue weighted by atomic mass is 35.5. The fourth-order valence-electron chi connectivity index (χ4n) is 2.82. The second-order valence-electron chi connectivity index (χ2n) is 4.88. The fraction of sp³-hybridized carbons (Fsp3) is 1.00. The minimum atomic E-state index is -3.10. The Bertz CT molecular complexity index is 333. The molecule has 4 nitrogen and oxygen atoms in total. The topological polar surface area (TPSA) is 40.6 Å². The van der Waals surface area contributed by atoms with Gasteiger partial charge in [0.25, 0.3) is 0 Å². The largest absolute Gasteiger partial charge is 0.300 e. The fourth-order valence-corrected chi connectivity index (χ4v) is 4.62. The van der Waals surface area contributed by atoms with Crippen LogP contribution in [-0.4, -0.2) is 61.5 Å². The molecule has 2 aliphatic rings. The van der Waals surface area contributed by atoms with Gasteiger partial charge in [-0.05, 0) is 38.8 Å². The summed E-state index contributed by atoms with van der Waals surface area (Å²) in [5, 5.41) is 0. The molecule has 0 unspecified atom stereocenters. The molecule has 0 atom stereocenters. The van der Waals surface area contributed by atoms with Gasteiger partial charge in [0.05, 0.1) is 5.75 Å². The van der Waals surface area contributed by atoms with Crippen LogP contribution in [0.5, 0.6) is 0 Å². The van der Waals surface area contributed by atoms with E-state index in [1.807, 2.05) is 0 Å². The Morgan fingerprint density at radius 1 is 1.06 bits per heavy atom. The molecule has 2 fully saturated rings. The molecule has 0 aromatic rings. The average Bonchev–Trinajstić information content (AvgIpc) is 2.82. The van der Waals surface area contributed by atoms with Crippen molar-refractivity contribution in [3.63, 3.8) is 0 Å². The summed E-state index contributed by atoms with van der Waals surface area (Å²) in [6, 6.07) is 0.597. The normalized spacial score (nSPS) is 25.5. The number of hydrogen-bond acceptors (Lipinski definition) is 3. The van der Waals surface area contributed by atoms with Crippen molar-refractivity contribution in [2.45, 2.75) is 31.7 Å². The number of likely N-dealkylation sites (tertiary alicyclic amines) is 1. The lowest BCUT2D eigenvalue weighted by Gasteiger charge is -2.35. The smallest absolute Gasteiger partial charge is 0.215 e. The predicted octanol–water partition coefficient (Wildman–Crippen LogP) is 1.12. The molecule has 2 saturated heterocycles. The maximum absolute atomic E-state index is 11.8. The van der Waals surface area contributed by atoms with Crippen LogP contribution < -0.4 is 0 Å². The van der Waals surface area contributed by atoms with Crippen LogP contribution >= 0.6 is 11.6 Å². The first-order valence-corrected chi connectivity index (χ1v) is 8.56. The minimum absolute atomic E-state index is 0.0724. The third-order valence-electron chi connectivity index (χ3n) is 3.81. The van der Waals surface area contributed by atoms with Crippen molar-refractivity contribution in [3.8, 4) is 0 Å². The van der Waals surface area contributed by atoms with Crippen molar-refractivity contribution in [1.82, 2.24) is 9.21 Å². The number of alkyl halides is 1. The molecule has 0 aliphatic carbocycles. The van der Waals surface area contributed by atoms with Gasteiger partial charge in [-0.25, -0.2) is 12.7 Å². The van der Waals surface area contributed by atoms with Gasteiger partial charge in [-0.15, -0.1) is 11.6 Å². The molecule has 6 heteroatoms. The minimum Gasteiger partial charge on any atom is -0.300 e. The van der Waals surface area contributed by atoms with Gasteiger partial charge < -0.3 is 4.90 Å². The van der Waals surface area contributed by atoms with Gasteiger partial charge in [0.2, 0.25) is 10.0 Å². The molecule has 100 valence electrons. The van der Waals surface area contributed by atoms with Crippen molar-refractivity contribution in [1.29, 1.82) is 0 Å². The van der Waals surface area contributed by atoms with E-state index in [1.165, 1.54) is 25.9 Å². The predicted molar refractivity (Wildman–Crippen MR) is 69.9 cm³/mol. The van der Waals surface area contributed by atoms with Crippen LogP contribution in [0.3, 0.4) is 0 Å². The Morgan fingerprint density at radius 2 is 1.65 bits per heavy atom.